The van der Waals surface area contributed by atoms with Crippen LogP contribution < -0.4 is 0 Å². The van der Waals surface area contributed by atoms with Crippen molar-refractivity contribution in [2.45, 2.75) is 60.3 Å². The minimum atomic E-state index is 0.265. The summed E-state index contributed by atoms with van der Waals surface area (Å²) in [5, 5.41) is 20.0. The predicted molar refractivity (Wildman–Crippen MR) is 85.4 cm³/mol. The van der Waals surface area contributed by atoms with Gasteiger partial charge in [-0.15, -0.1) is 0 Å². The predicted octanol–water partition coefficient (Wildman–Crippen LogP) is 5.03. The lowest BCUT2D eigenvalue weighted by Crippen LogP contribution is -1.93. The molecule has 0 spiro atoms. The van der Waals surface area contributed by atoms with Gasteiger partial charge in [-0.1, -0.05) is 31.9 Å². The summed E-state index contributed by atoms with van der Waals surface area (Å²) in [5.41, 5.74) is 3.70. The van der Waals surface area contributed by atoms with Crippen molar-refractivity contribution in [2.24, 2.45) is 5.92 Å². The van der Waals surface area contributed by atoms with Gasteiger partial charge < -0.3 is 10.2 Å². The van der Waals surface area contributed by atoms with E-state index in [9.17, 15) is 10.2 Å². The van der Waals surface area contributed by atoms with Crippen molar-refractivity contribution in [1.29, 1.82) is 0 Å². The highest BCUT2D eigenvalue weighted by atomic mass is 16.3. The quantitative estimate of drug-likeness (QED) is 0.565. The van der Waals surface area contributed by atoms with Gasteiger partial charge in [0.15, 0.2) is 0 Å². The van der Waals surface area contributed by atoms with Crippen molar-refractivity contribution in [3.8, 4) is 11.5 Å². The zero-order valence-electron chi connectivity index (χ0n) is 13.5. The first-order chi connectivity index (χ1) is 9.32. The molecular formula is C18H28O2. The number of phenolic OH excluding ortho intramolecular Hbond substituents is 2. The van der Waals surface area contributed by atoms with Crippen LogP contribution in [0.5, 0.6) is 11.5 Å². The summed E-state index contributed by atoms with van der Waals surface area (Å²) in [7, 11) is 0. The molecule has 0 aliphatic rings. The van der Waals surface area contributed by atoms with Crippen molar-refractivity contribution in [3.05, 3.63) is 34.4 Å². The Balaban J connectivity index is 2.74. The summed E-state index contributed by atoms with van der Waals surface area (Å²) >= 11 is 0. The molecule has 0 atom stereocenters. The van der Waals surface area contributed by atoms with E-state index in [1.807, 2.05) is 13.8 Å². The van der Waals surface area contributed by atoms with Crippen molar-refractivity contribution in [3.63, 3.8) is 0 Å². The second-order valence-corrected chi connectivity index (χ2v) is 6.21. The van der Waals surface area contributed by atoms with Crippen LogP contribution in [0.1, 0.15) is 56.7 Å². The van der Waals surface area contributed by atoms with Crippen molar-refractivity contribution in [2.75, 3.05) is 0 Å². The summed E-state index contributed by atoms with van der Waals surface area (Å²) in [6, 6.07) is 1.62. The van der Waals surface area contributed by atoms with Gasteiger partial charge in [-0.25, -0.2) is 0 Å². The summed E-state index contributed by atoms with van der Waals surface area (Å²) in [5.74, 6) is 1.33. The van der Waals surface area contributed by atoms with Crippen LogP contribution in [0, 0.1) is 19.8 Å². The fourth-order valence-electron chi connectivity index (χ4n) is 2.37. The average Bonchev–Trinajstić information content (AvgIpc) is 2.36. The van der Waals surface area contributed by atoms with E-state index in [1.165, 1.54) is 18.4 Å². The smallest absolute Gasteiger partial charge is 0.122 e. The molecule has 2 heteroatoms. The number of aryl methyl sites for hydroxylation is 1. The van der Waals surface area contributed by atoms with Gasteiger partial charge in [0.25, 0.3) is 0 Å². The lowest BCUT2D eigenvalue weighted by molar-refractivity contribution is 0.448. The lowest BCUT2D eigenvalue weighted by atomic mass is 9.97. The summed E-state index contributed by atoms with van der Waals surface area (Å²) in [6.45, 7) is 10.3. The molecule has 112 valence electrons. The molecular weight excluding hydrogens is 248 g/mol. The molecule has 2 N–H and O–H groups in total. The molecule has 0 fully saturated rings. The Morgan fingerprint density at radius 3 is 2.50 bits per heavy atom. The maximum atomic E-state index is 10.1. The number of hydrogen-bond donors (Lipinski definition) is 2. The molecule has 0 heterocycles. The zero-order chi connectivity index (χ0) is 15.3. The van der Waals surface area contributed by atoms with E-state index >= 15 is 0 Å². The van der Waals surface area contributed by atoms with Crippen molar-refractivity contribution < 1.29 is 10.2 Å². The summed E-state index contributed by atoms with van der Waals surface area (Å²) in [4.78, 5) is 0. The summed E-state index contributed by atoms with van der Waals surface area (Å²) < 4.78 is 0. The topological polar surface area (TPSA) is 40.5 Å². The molecule has 20 heavy (non-hydrogen) atoms. The molecule has 0 aromatic heterocycles. The van der Waals surface area contributed by atoms with E-state index in [0.717, 1.165) is 29.0 Å². The molecule has 0 radical (unpaired) electrons. The van der Waals surface area contributed by atoms with Gasteiger partial charge in [0.05, 0.1) is 0 Å². The highest BCUT2D eigenvalue weighted by molar-refractivity contribution is 5.52. The fourth-order valence-corrected chi connectivity index (χ4v) is 2.37. The van der Waals surface area contributed by atoms with E-state index in [2.05, 4.69) is 26.8 Å². The molecule has 0 aliphatic carbocycles. The van der Waals surface area contributed by atoms with Crippen LogP contribution >= 0.6 is 0 Å². The van der Waals surface area contributed by atoms with Crippen LogP contribution in [0.2, 0.25) is 0 Å². The lowest BCUT2D eigenvalue weighted by Gasteiger charge is -2.12. The van der Waals surface area contributed by atoms with Crippen LogP contribution in [0.4, 0.5) is 0 Å². The van der Waals surface area contributed by atoms with Crippen LogP contribution in [0.3, 0.4) is 0 Å². The molecule has 2 nitrogen and oxygen atoms in total. The number of benzene rings is 1. The Morgan fingerprint density at radius 2 is 1.90 bits per heavy atom. The van der Waals surface area contributed by atoms with Gasteiger partial charge in [-0.05, 0) is 63.1 Å². The molecule has 0 bridgehead atoms. The molecule has 0 saturated carbocycles. The maximum absolute atomic E-state index is 10.1. The average molecular weight is 276 g/mol. The van der Waals surface area contributed by atoms with E-state index in [1.54, 1.807) is 6.07 Å². The Labute approximate surface area is 123 Å². The van der Waals surface area contributed by atoms with E-state index in [0.29, 0.717) is 12.2 Å². The summed E-state index contributed by atoms with van der Waals surface area (Å²) in [6.07, 6.45) is 6.42. The minimum absolute atomic E-state index is 0.265. The molecule has 1 aromatic rings. The third-order valence-corrected chi connectivity index (χ3v) is 3.86. The Kier molecular flexibility index (Phi) is 6.12. The molecule has 0 saturated heterocycles. The molecule has 1 rings (SSSR count). The van der Waals surface area contributed by atoms with Crippen LogP contribution in [-0.2, 0) is 6.42 Å². The van der Waals surface area contributed by atoms with E-state index < -0.39 is 0 Å². The second kappa shape index (κ2) is 7.37. The SMILES string of the molecule is CC(=CCc1c(C)c(O)cc(C)c1O)CCCC(C)C. The van der Waals surface area contributed by atoms with Crippen molar-refractivity contribution >= 4 is 0 Å². The Hall–Kier alpha value is -1.44. The van der Waals surface area contributed by atoms with Gasteiger partial charge in [-0.2, -0.15) is 0 Å². The van der Waals surface area contributed by atoms with Gasteiger partial charge in [0.1, 0.15) is 11.5 Å². The van der Waals surface area contributed by atoms with Gasteiger partial charge >= 0.3 is 0 Å². The second-order valence-electron chi connectivity index (χ2n) is 6.21. The third kappa shape index (κ3) is 4.59. The largest absolute Gasteiger partial charge is 0.508 e. The molecule has 1 aromatic carbocycles. The van der Waals surface area contributed by atoms with Gasteiger partial charge in [0.2, 0.25) is 0 Å². The standard InChI is InChI=1S/C18H28O2/c1-12(2)7-6-8-13(3)9-10-16-15(5)17(19)11-14(4)18(16)20/h9,11-12,19-20H,6-8,10H2,1-5H3. The number of aromatic hydroxyl groups is 2. The monoisotopic (exact) mass is 276 g/mol. The normalized spacial score (nSPS) is 12.2. The van der Waals surface area contributed by atoms with Crippen LogP contribution in [-0.4, -0.2) is 10.2 Å². The number of phenols is 2. The Bertz CT molecular complexity index is 458. The number of hydrogen-bond acceptors (Lipinski definition) is 2. The van der Waals surface area contributed by atoms with E-state index in [-0.39, 0.29) is 5.75 Å². The highest BCUT2D eigenvalue weighted by Gasteiger charge is 2.11. The number of allylic oxidation sites excluding steroid dienone is 2. The molecule has 0 aliphatic heterocycles. The fraction of sp³-hybridized carbons (Fsp3) is 0.556. The first-order valence-electron chi connectivity index (χ1n) is 7.49. The first kappa shape index (κ1) is 16.6. The maximum Gasteiger partial charge on any atom is 0.122 e. The van der Waals surface area contributed by atoms with Gasteiger partial charge in [-0.3, -0.25) is 0 Å². The molecule has 0 unspecified atom stereocenters. The highest BCUT2D eigenvalue weighted by Crippen LogP contribution is 2.32. The Morgan fingerprint density at radius 1 is 1.25 bits per heavy atom. The van der Waals surface area contributed by atoms with Crippen molar-refractivity contribution in [1.82, 2.24) is 0 Å². The van der Waals surface area contributed by atoms with Crippen LogP contribution in [0.15, 0.2) is 17.7 Å². The minimum Gasteiger partial charge on any atom is -0.508 e. The third-order valence-electron chi connectivity index (χ3n) is 3.86. The first-order valence-corrected chi connectivity index (χ1v) is 7.49. The number of rotatable bonds is 6. The zero-order valence-corrected chi connectivity index (χ0v) is 13.5. The van der Waals surface area contributed by atoms with Gasteiger partial charge in [0, 0.05) is 5.56 Å². The van der Waals surface area contributed by atoms with Crippen LogP contribution in [0.25, 0.3) is 0 Å². The molecule has 0 amide bonds. The van der Waals surface area contributed by atoms with E-state index in [4.69, 9.17) is 0 Å².